The molecular formula is C22H29FN2O3S. The van der Waals surface area contributed by atoms with Crippen molar-refractivity contribution < 1.29 is 17.9 Å². The summed E-state index contributed by atoms with van der Waals surface area (Å²) >= 11 is 0. The Morgan fingerprint density at radius 1 is 1.10 bits per heavy atom. The second-order valence-corrected chi connectivity index (χ2v) is 9.71. The van der Waals surface area contributed by atoms with Crippen LogP contribution in [0.3, 0.4) is 0 Å². The molecule has 0 saturated carbocycles. The number of aliphatic hydroxyl groups excluding tert-OH is 1. The molecule has 1 aliphatic heterocycles. The highest BCUT2D eigenvalue weighted by molar-refractivity contribution is 7.89. The average Bonchev–Trinajstić information content (AvgIpc) is 2.70. The van der Waals surface area contributed by atoms with Gasteiger partial charge in [0, 0.05) is 25.7 Å². The van der Waals surface area contributed by atoms with Gasteiger partial charge in [0.2, 0.25) is 10.0 Å². The Morgan fingerprint density at radius 3 is 2.38 bits per heavy atom. The summed E-state index contributed by atoms with van der Waals surface area (Å²) in [5, 5.41) is 10.3. The number of halogens is 1. The average molecular weight is 421 g/mol. The minimum absolute atomic E-state index is 0.104. The molecule has 2 aromatic carbocycles. The molecule has 0 radical (unpaired) electrons. The molecule has 1 heterocycles. The lowest BCUT2D eigenvalue weighted by Gasteiger charge is -2.39. The standard InChI is InChI=1S/C22H29FN2O3S/c1-17-5-11-21(12-6-17)29(27,28)25-15-14-24(18(2)16-25)13-3-4-22(26)19-7-9-20(23)10-8-19/h5-12,18,22,26H,3-4,13-16H2,1-2H3. The molecule has 0 aromatic heterocycles. The van der Waals surface area contributed by atoms with Crippen LogP contribution in [0.4, 0.5) is 4.39 Å². The number of nitrogens with zero attached hydrogens (tertiary/aromatic N) is 2. The molecule has 1 aliphatic rings. The first-order chi connectivity index (χ1) is 13.8. The zero-order valence-corrected chi connectivity index (χ0v) is 17.8. The third-order valence-electron chi connectivity index (χ3n) is 5.56. The molecular weight excluding hydrogens is 391 g/mol. The SMILES string of the molecule is Cc1ccc(S(=O)(=O)N2CCN(CCCC(O)c3ccc(F)cc3)C(C)C2)cc1. The number of benzene rings is 2. The van der Waals surface area contributed by atoms with Gasteiger partial charge in [-0.1, -0.05) is 29.8 Å². The summed E-state index contributed by atoms with van der Waals surface area (Å²) in [5.74, 6) is -0.312. The Kier molecular flexibility index (Phi) is 7.05. The minimum atomic E-state index is -3.47. The fraction of sp³-hybridized carbons (Fsp3) is 0.455. The first-order valence-electron chi connectivity index (χ1n) is 10.0. The molecule has 0 spiro atoms. The maximum absolute atomic E-state index is 13.0. The Bertz CT molecular complexity index is 901. The van der Waals surface area contributed by atoms with Crippen LogP contribution in [0.2, 0.25) is 0 Å². The van der Waals surface area contributed by atoms with Gasteiger partial charge < -0.3 is 5.11 Å². The summed E-state index contributed by atoms with van der Waals surface area (Å²) in [6.07, 6.45) is 0.752. The smallest absolute Gasteiger partial charge is 0.243 e. The van der Waals surface area contributed by atoms with Gasteiger partial charge in [0.05, 0.1) is 11.0 Å². The van der Waals surface area contributed by atoms with Crippen molar-refractivity contribution >= 4 is 10.0 Å². The van der Waals surface area contributed by atoms with E-state index in [9.17, 15) is 17.9 Å². The summed E-state index contributed by atoms with van der Waals surface area (Å²) in [7, 11) is -3.47. The van der Waals surface area contributed by atoms with E-state index in [0.717, 1.165) is 18.5 Å². The van der Waals surface area contributed by atoms with Gasteiger partial charge in [-0.2, -0.15) is 4.31 Å². The van der Waals surface area contributed by atoms with E-state index < -0.39 is 16.1 Å². The molecule has 1 N–H and O–H groups in total. The molecule has 0 amide bonds. The summed E-state index contributed by atoms with van der Waals surface area (Å²) in [4.78, 5) is 2.60. The molecule has 2 aromatic rings. The lowest BCUT2D eigenvalue weighted by Crippen LogP contribution is -2.53. The van der Waals surface area contributed by atoms with Crippen molar-refractivity contribution in [1.29, 1.82) is 0 Å². The molecule has 29 heavy (non-hydrogen) atoms. The molecule has 2 unspecified atom stereocenters. The first kappa shape index (κ1) is 21.9. The maximum atomic E-state index is 13.0. The van der Waals surface area contributed by atoms with Gasteiger partial charge >= 0.3 is 0 Å². The predicted octanol–water partition coefficient (Wildman–Crippen LogP) is 3.34. The molecule has 0 aliphatic carbocycles. The number of aryl methyl sites for hydroxylation is 1. The molecule has 2 atom stereocenters. The summed E-state index contributed by atoms with van der Waals surface area (Å²) in [5.41, 5.74) is 1.75. The normalized spacial score (nSPS) is 19.9. The van der Waals surface area contributed by atoms with Crippen LogP contribution in [-0.2, 0) is 10.0 Å². The number of rotatable bonds is 7. The monoisotopic (exact) mass is 420 g/mol. The molecule has 1 fully saturated rings. The van der Waals surface area contributed by atoms with E-state index in [0.29, 0.717) is 36.5 Å². The van der Waals surface area contributed by atoms with Crippen molar-refractivity contribution in [3.8, 4) is 0 Å². The lowest BCUT2D eigenvalue weighted by atomic mass is 10.0. The van der Waals surface area contributed by atoms with Crippen molar-refractivity contribution in [3.05, 3.63) is 65.5 Å². The predicted molar refractivity (Wildman–Crippen MR) is 112 cm³/mol. The number of aliphatic hydroxyl groups is 1. The molecule has 3 rings (SSSR count). The minimum Gasteiger partial charge on any atom is -0.388 e. The van der Waals surface area contributed by atoms with Crippen LogP contribution in [-0.4, -0.2) is 55.0 Å². The van der Waals surface area contributed by atoms with Crippen LogP contribution in [0.15, 0.2) is 53.4 Å². The van der Waals surface area contributed by atoms with Gasteiger partial charge in [0.25, 0.3) is 0 Å². The summed E-state index contributed by atoms with van der Waals surface area (Å²) in [6.45, 7) is 6.34. The van der Waals surface area contributed by atoms with Gasteiger partial charge in [-0.15, -0.1) is 0 Å². The van der Waals surface area contributed by atoms with Crippen LogP contribution in [0, 0.1) is 12.7 Å². The van der Waals surface area contributed by atoms with Crippen LogP contribution < -0.4 is 0 Å². The van der Waals surface area contributed by atoms with Gasteiger partial charge in [0.15, 0.2) is 0 Å². The third-order valence-corrected chi connectivity index (χ3v) is 7.44. The summed E-state index contributed by atoms with van der Waals surface area (Å²) < 4.78 is 40.3. The number of hydrogen-bond acceptors (Lipinski definition) is 4. The van der Waals surface area contributed by atoms with Gasteiger partial charge in [-0.05, 0) is 63.1 Å². The number of sulfonamides is 1. The van der Waals surface area contributed by atoms with E-state index in [-0.39, 0.29) is 11.9 Å². The van der Waals surface area contributed by atoms with Crippen LogP contribution in [0.25, 0.3) is 0 Å². The van der Waals surface area contributed by atoms with Gasteiger partial charge in [-0.3, -0.25) is 4.90 Å². The van der Waals surface area contributed by atoms with E-state index in [1.165, 1.54) is 12.1 Å². The second kappa shape index (κ2) is 9.34. The maximum Gasteiger partial charge on any atom is 0.243 e. The van der Waals surface area contributed by atoms with Crippen molar-refractivity contribution in [1.82, 2.24) is 9.21 Å². The Balaban J connectivity index is 1.51. The molecule has 1 saturated heterocycles. The largest absolute Gasteiger partial charge is 0.388 e. The third kappa shape index (κ3) is 5.42. The van der Waals surface area contributed by atoms with Crippen LogP contribution in [0.5, 0.6) is 0 Å². The number of piperazine rings is 1. The Morgan fingerprint density at radius 2 is 1.76 bits per heavy atom. The van der Waals surface area contributed by atoms with E-state index >= 15 is 0 Å². The van der Waals surface area contributed by atoms with E-state index in [4.69, 9.17) is 0 Å². The highest BCUT2D eigenvalue weighted by Gasteiger charge is 2.32. The Labute approximate surface area is 172 Å². The van der Waals surface area contributed by atoms with E-state index in [2.05, 4.69) is 4.90 Å². The van der Waals surface area contributed by atoms with Crippen LogP contribution in [0.1, 0.15) is 37.0 Å². The molecule has 5 nitrogen and oxygen atoms in total. The quantitative estimate of drug-likeness (QED) is 0.746. The number of hydrogen-bond donors (Lipinski definition) is 1. The zero-order chi connectivity index (χ0) is 21.0. The van der Waals surface area contributed by atoms with Crippen LogP contribution >= 0.6 is 0 Å². The molecule has 0 bridgehead atoms. The Hall–Kier alpha value is -1.80. The van der Waals surface area contributed by atoms with Gasteiger partial charge in [0.1, 0.15) is 5.82 Å². The fourth-order valence-electron chi connectivity index (χ4n) is 3.71. The molecule has 7 heteroatoms. The lowest BCUT2D eigenvalue weighted by molar-refractivity contribution is 0.112. The zero-order valence-electron chi connectivity index (χ0n) is 17.0. The van der Waals surface area contributed by atoms with Crippen molar-refractivity contribution in [2.24, 2.45) is 0 Å². The topological polar surface area (TPSA) is 60.9 Å². The van der Waals surface area contributed by atoms with Gasteiger partial charge in [-0.25, -0.2) is 12.8 Å². The fourth-order valence-corrected chi connectivity index (χ4v) is 5.22. The second-order valence-electron chi connectivity index (χ2n) is 7.77. The van der Waals surface area contributed by atoms with E-state index in [1.54, 1.807) is 28.6 Å². The van der Waals surface area contributed by atoms with Crippen molar-refractivity contribution in [3.63, 3.8) is 0 Å². The van der Waals surface area contributed by atoms with Crippen molar-refractivity contribution in [2.75, 3.05) is 26.2 Å². The molecule has 158 valence electrons. The van der Waals surface area contributed by atoms with E-state index in [1.807, 2.05) is 26.0 Å². The highest BCUT2D eigenvalue weighted by atomic mass is 32.2. The van der Waals surface area contributed by atoms with Crippen molar-refractivity contribution in [2.45, 2.75) is 43.7 Å². The first-order valence-corrected chi connectivity index (χ1v) is 11.5. The highest BCUT2D eigenvalue weighted by Crippen LogP contribution is 2.22. The summed E-state index contributed by atoms with van der Waals surface area (Å²) in [6, 6.07) is 13.0.